The van der Waals surface area contributed by atoms with Crippen molar-refractivity contribution in [3.8, 4) is 11.3 Å². The number of aryl methyl sites for hydroxylation is 2. The van der Waals surface area contributed by atoms with Crippen LogP contribution in [0.3, 0.4) is 0 Å². The van der Waals surface area contributed by atoms with Crippen molar-refractivity contribution < 1.29 is 4.79 Å². The highest BCUT2D eigenvalue weighted by molar-refractivity contribution is 5.94. The van der Waals surface area contributed by atoms with Crippen LogP contribution in [0.2, 0.25) is 0 Å². The van der Waals surface area contributed by atoms with Crippen molar-refractivity contribution in [2.75, 3.05) is 0 Å². The molecule has 152 valence electrons. The van der Waals surface area contributed by atoms with Gasteiger partial charge in [0, 0.05) is 23.0 Å². The number of nitrogens with zero attached hydrogens (tertiary/aromatic N) is 3. The summed E-state index contributed by atoms with van der Waals surface area (Å²) >= 11 is 0. The van der Waals surface area contributed by atoms with E-state index in [0.717, 1.165) is 27.8 Å². The molecule has 0 bridgehead atoms. The number of carbonyl (C=O) groups is 1. The minimum Gasteiger partial charge on any atom is -0.336 e. The van der Waals surface area contributed by atoms with Gasteiger partial charge in [0.15, 0.2) is 0 Å². The minimum absolute atomic E-state index is 0.0529. The van der Waals surface area contributed by atoms with Gasteiger partial charge in [0.1, 0.15) is 6.54 Å². The molecule has 0 N–H and O–H groups in total. The van der Waals surface area contributed by atoms with E-state index in [1.807, 2.05) is 59.7 Å². The van der Waals surface area contributed by atoms with Crippen molar-refractivity contribution in [3.05, 3.63) is 63.9 Å². The molecule has 0 radical (unpaired) electrons. The van der Waals surface area contributed by atoms with E-state index in [0.29, 0.717) is 5.39 Å². The van der Waals surface area contributed by atoms with Crippen LogP contribution in [0.1, 0.15) is 38.8 Å². The summed E-state index contributed by atoms with van der Waals surface area (Å²) in [7, 11) is 0. The third-order valence-electron chi connectivity index (χ3n) is 5.20. The average molecular weight is 392 g/mol. The summed E-state index contributed by atoms with van der Waals surface area (Å²) < 4.78 is 1.32. The van der Waals surface area contributed by atoms with E-state index >= 15 is 0 Å². The maximum atomic E-state index is 13.1. The van der Waals surface area contributed by atoms with E-state index in [2.05, 4.69) is 23.3 Å². The molecular weight excluding hydrogens is 362 g/mol. The van der Waals surface area contributed by atoms with E-state index in [9.17, 15) is 9.59 Å². The molecule has 5 nitrogen and oxygen atoms in total. The van der Waals surface area contributed by atoms with Crippen molar-refractivity contribution in [2.45, 2.75) is 60.2 Å². The van der Waals surface area contributed by atoms with Crippen molar-refractivity contribution in [1.29, 1.82) is 0 Å². The molecule has 29 heavy (non-hydrogen) atoms. The fourth-order valence-electron chi connectivity index (χ4n) is 3.91. The van der Waals surface area contributed by atoms with Gasteiger partial charge < -0.3 is 4.90 Å². The zero-order chi connectivity index (χ0) is 21.3. The molecule has 1 heterocycles. The molecule has 0 spiro atoms. The van der Waals surface area contributed by atoms with Crippen LogP contribution >= 0.6 is 0 Å². The molecule has 0 aliphatic heterocycles. The Morgan fingerprint density at radius 2 is 1.62 bits per heavy atom. The molecule has 2 aromatic carbocycles. The lowest BCUT2D eigenvalue weighted by Crippen LogP contribution is -2.45. The SMILES string of the molecule is Cc1ccc(C)c(-c2nn(CC(=O)N(C(C)C)C(C)C)c(=O)c3ccccc23)c1. The van der Waals surface area contributed by atoms with Crippen LogP contribution in [0.15, 0.2) is 47.3 Å². The van der Waals surface area contributed by atoms with Gasteiger partial charge in [0.25, 0.3) is 5.56 Å². The molecule has 0 unspecified atom stereocenters. The first-order valence-electron chi connectivity index (χ1n) is 10.1. The Morgan fingerprint density at radius 1 is 1.00 bits per heavy atom. The van der Waals surface area contributed by atoms with Crippen molar-refractivity contribution in [3.63, 3.8) is 0 Å². The van der Waals surface area contributed by atoms with Gasteiger partial charge in [-0.1, -0.05) is 35.9 Å². The number of fused-ring (bicyclic) bond motifs is 1. The van der Waals surface area contributed by atoms with Crippen LogP contribution < -0.4 is 5.56 Å². The number of carbonyl (C=O) groups excluding carboxylic acids is 1. The third-order valence-corrected chi connectivity index (χ3v) is 5.20. The standard InChI is InChI=1S/C24H29N3O2/c1-15(2)27(16(3)4)22(28)14-26-24(29)20-10-8-7-9-19(20)23(25-26)21-13-17(5)11-12-18(21)6/h7-13,15-16H,14H2,1-6H3. The first-order valence-corrected chi connectivity index (χ1v) is 10.1. The Kier molecular flexibility index (Phi) is 5.87. The van der Waals surface area contributed by atoms with E-state index in [-0.39, 0.29) is 30.1 Å². The van der Waals surface area contributed by atoms with Crippen molar-refractivity contribution in [2.24, 2.45) is 0 Å². The van der Waals surface area contributed by atoms with E-state index < -0.39 is 0 Å². The van der Waals surface area contributed by atoms with Gasteiger partial charge in [-0.2, -0.15) is 5.10 Å². The fourth-order valence-corrected chi connectivity index (χ4v) is 3.91. The Balaban J connectivity index is 2.19. The summed E-state index contributed by atoms with van der Waals surface area (Å²) in [5, 5.41) is 6.05. The van der Waals surface area contributed by atoms with Crippen molar-refractivity contribution in [1.82, 2.24) is 14.7 Å². The van der Waals surface area contributed by atoms with Crippen LogP contribution in [0.25, 0.3) is 22.0 Å². The molecule has 3 aromatic rings. The first kappa shape index (κ1) is 20.8. The topological polar surface area (TPSA) is 55.2 Å². The molecule has 5 heteroatoms. The lowest BCUT2D eigenvalue weighted by Gasteiger charge is -2.30. The van der Waals surface area contributed by atoms with Crippen LogP contribution in [0, 0.1) is 13.8 Å². The normalized spacial score (nSPS) is 11.4. The molecule has 3 rings (SSSR count). The van der Waals surface area contributed by atoms with Gasteiger partial charge in [-0.3, -0.25) is 9.59 Å². The molecule has 0 aliphatic rings. The number of hydrogen-bond acceptors (Lipinski definition) is 3. The molecule has 1 aromatic heterocycles. The predicted octanol–water partition coefficient (Wildman–Crippen LogP) is 4.33. The highest BCUT2D eigenvalue weighted by atomic mass is 16.2. The quantitative estimate of drug-likeness (QED) is 0.651. The lowest BCUT2D eigenvalue weighted by atomic mass is 9.99. The summed E-state index contributed by atoms with van der Waals surface area (Å²) in [6.45, 7) is 11.9. The van der Waals surface area contributed by atoms with Crippen LogP contribution in [-0.2, 0) is 11.3 Å². The van der Waals surface area contributed by atoms with Crippen LogP contribution in [-0.4, -0.2) is 32.7 Å². The molecule has 1 amide bonds. The molecular formula is C24H29N3O2. The Bertz CT molecular complexity index is 1100. The maximum Gasteiger partial charge on any atom is 0.275 e. The fraction of sp³-hybridized carbons (Fsp3) is 0.375. The molecule has 0 aliphatic carbocycles. The van der Waals surface area contributed by atoms with E-state index in [1.165, 1.54) is 4.68 Å². The summed E-state index contributed by atoms with van der Waals surface area (Å²) in [6, 6.07) is 13.8. The van der Waals surface area contributed by atoms with Gasteiger partial charge in [0.2, 0.25) is 5.91 Å². The number of aromatic nitrogens is 2. The summed E-state index contributed by atoms with van der Waals surface area (Å²) in [5.41, 5.74) is 3.67. The number of hydrogen-bond donors (Lipinski definition) is 0. The second-order valence-electron chi connectivity index (χ2n) is 8.16. The Hall–Kier alpha value is -2.95. The number of amides is 1. The molecule has 0 fully saturated rings. The zero-order valence-electron chi connectivity index (χ0n) is 18.1. The predicted molar refractivity (Wildman–Crippen MR) is 118 cm³/mol. The second kappa shape index (κ2) is 8.19. The average Bonchev–Trinajstić information content (AvgIpc) is 2.65. The minimum atomic E-state index is -0.240. The maximum absolute atomic E-state index is 13.1. The van der Waals surface area contributed by atoms with Crippen LogP contribution in [0.4, 0.5) is 0 Å². The van der Waals surface area contributed by atoms with Gasteiger partial charge in [-0.05, 0) is 59.2 Å². The van der Waals surface area contributed by atoms with Gasteiger partial charge in [-0.15, -0.1) is 0 Å². The summed E-state index contributed by atoms with van der Waals surface area (Å²) in [6.07, 6.45) is 0. The highest BCUT2D eigenvalue weighted by Crippen LogP contribution is 2.28. The van der Waals surface area contributed by atoms with Gasteiger partial charge >= 0.3 is 0 Å². The summed E-state index contributed by atoms with van der Waals surface area (Å²) in [5.74, 6) is -0.105. The lowest BCUT2D eigenvalue weighted by molar-refractivity contribution is -0.135. The Morgan fingerprint density at radius 3 is 2.24 bits per heavy atom. The van der Waals surface area contributed by atoms with E-state index in [1.54, 1.807) is 11.0 Å². The molecule has 0 saturated carbocycles. The summed E-state index contributed by atoms with van der Waals surface area (Å²) in [4.78, 5) is 27.9. The largest absolute Gasteiger partial charge is 0.336 e. The smallest absolute Gasteiger partial charge is 0.275 e. The number of benzene rings is 2. The molecule has 0 saturated heterocycles. The van der Waals surface area contributed by atoms with Crippen LogP contribution in [0.5, 0.6) is 0 Å². The molecule has 0 atom stereocenters. The first-order chi connectivity index (χ1) is 13.7. The monoisotopic (exact) mass is 391 g/mol. The van der Waals surface area contributed by atoms with Gasteiger partial charge in [-0.25, -0.2) is 4.68 Å². The highest BCUT2D eigenvalue weighted by Gasteiger charge is 2.22. The third kappa shape index (κ3) is 4.09. The zero-order valence-corrected chi connectivity index (χ0v) is 18.1. The van der Waals surface area contributed by atoms with Gasteiger partial charge in [0.05, 0.1) is 11.1 Å². The van der Waals surface area contributed by atoms with Crippen molar-refractivity contribution >= 4 is 16.7 Å². The Labute approximate surface area is 172 Å². The second-order valence-corrected chi connectivity index (χ2v) is 8.16. The number of rotatable bonds is 5. The van der Waals surface area contributed by atoms with E-state index in [4.69, 9.17) is 0 Å².